The van der Waals surface area contributed by atoms with E-state index in [1.807, 2.05) is 31.2 Å². The van der Waals surface area contributed by atoms with Crippen LogP contribution in [0.5, 0.6) is 0 Å². The summed E-state index contributed by atoms with van der Waals surface area (Å²) in [5, 5.41) is 16.0. The summed E-state index contributed by atoms with van der Waals surface area (Å²) in [6.45, 7) is 2.05. The minimum absolute atomic E-state index is 0.100. The van der Waals surface area contributed by atoms with Crippen LogP contribution < -0.4 is 5.32 Å². The minimum atomic E-state index is -0.361. The third kappa shape index (κ3) is 4.26. The number of aryl methyl sites for hydroxylation is 1. The number of anilines is 1. The van der Waals surface area contributed by atoms with Gasteiger partial charge in [-0.1, -0.05) is 29.8 Å². The molecule has 128 valence electrons. The maximum Gasteiger partial charge on any atom is 0.273 e. The molecule has 0 saturated carbocycles. The van der Waals surface area contributed by atoms with E-state index in [2.05, 4.69) is 26.7 Å². The number of benzene rings is 1. The van der Waals surface area contributed by atoms with Crippen LogP contribution in [0, 0.1) is 6.92 Å². The second-order valence-corrected chi connectivity index (χ2v) is 5.99. The molecule has 3 rings (SSSR count). The van der Waals surface area contributed by atoms with Crippen LogP contribution in [0.3, 0.4) is 0 Å². The predicted molar refractivity (Wildman–Crippen MR) is 94.1 cm³/mol. The molecule has 1 N–H and O–H groups in total. The summed E-state index contributed by atoms with van der Waals surface area (Å²) < 4.78 is 0. The molecular weight excluding hydrogens is 318 g/mol. The Kier molecular flexibility index (Phi) is 4.83. The van der Waals surface area contributed by atoms with Crippen LogP contribution in [0.1, 0.15) is 29.7 Å². The van der Waals surface area contributed by atoms with Crippen molar-refractivity contribution in [3.63, 3.8) is 0 Å². The molecule has 7 heteroatoms. The van der Waals surface area contributed by atoms with Crippen LogP contribution in [0.2, 0.25) is 0 Å². The van der Waals surface area contributed by atoms with Gasteiger partial charge in [0.1, 0.15) is 5.71 Å². The van der Waals surface area contributed by atoms with Crippen molar-refractivity contribution in [3.8, 4) is 0 Å². The molecule has 2 amide bonds. The van der Waals surface area contributed by atoms with E-state index < -0.39 is 0 Å². The summed E-state index contributed by atoms with van der Waals surface area (Å²) in [5.74, 6) is -0.0998. The molecule has 0 spiro atoms. The van der Waals surface area contributed by atoms with E-state index in [4.69, 9.17) is 0 Å². The number of amides is 2. The average Bonchev–Trinajstić information content (AvgIpc) is 2.59. The number of hydrazone groups is 1. The fourth-order valence-corrected chi connectivity index (χ4v) is 2.57. The van der Waals surface area contributed by atoms with Gasteiger partial charge in [0.15, 0.2) is 5.82 Å². The molecule has 0 aliphatic carbocycles. The van der Waals surface area contributed by atoms with Gasteiger partial charge in [0, 0.05) is 26.3 Å². The topological polar surface area (TPSA) is 87.5 Å². The molecule has 2 heterocycles. The first-order valence-electron chi connectivity index (χ1n) is 8.05. The number of nitrogens with one attached hydrogen (secondary N) is 1. The van der Waals surface area contributed by atoms with Gasteiger partial charge in [-0.05, 0) is 24.6 Å². The van der Waals surface area contributed by atoms with E-state index >= 15 is 0 Å². The minimum Gasteiger partial charge on any atom is -0.304 e. The Morgan fingerprint density at radius 3 is 2.72 bits per heavy atom. The lowest BCUT2D eigenvalue weighted by Gasteiger charge is -2.18. The first-order chi connectivity index (χ1) is 12.0. The van der Waals surface area contributed by atoms with E-state index in [1.54, 1.807) is 6.07 Å². The van der Waals surface area contributed by atoms with E-state index in [9.17, 15) is 9.59 Å². The summed E-state index contributed by atoms with van der Waals surface area (Å²) in [6.07, 6.45) is 1.29. The fourth-order valence-electron chi connectivity index (χ4n) is 2.57. The molecule has 7 nitrogen and oxygen atoms in total. The van der Waals surface area contributed by atoms with Gasteiger partial charge in [-0.15, -0.1) is 5.10 Å². The third-order valence-electron chi connectivity index (χ3n) is 3.90. The zero-order valence-electron chi connectivity index (χ0n) is 14.2. The summed E-state index contributed by atoms with van der Waals surface area (Å²) in [6, 6.07) is 11.8. The van der Waals surface area contributed by atoms with Crippen LogP contribution in [0.25, 0.3) is 0 Å². The normalized spacial score (nSPS) is 14.2. The molecule has 0 fully saturated rings. The van der Waals surface area contributed by atoms with Crippen molar-refractivity contribution in [1.29, 1.82) is 0 Å². The predicted octanol–water partition coefficient (Wildman–Crippen LogP) is 1.92. The summed E-state index contributed by atoms with van der Waals surface area (Å²) in [5.41, 5.74) is 3.50. The first kappa shape index (κ1) is 16.8. The lowest BCUT2D eigenvalue weighted by atomic mass is 10.1. The van der Waals surface area contributed by atoms with Gasteiger partial charge in [-0.2, -0.15) is 10.2 Å². The van der Waals surface area contributed by atoms with Gasteiger partial charge < -0.3 is 5.32 Å². The Bertz CT molecular complexity index is 830. The molecule has 1 aliphatic rings. The number of rotatable bonds is 4. The van der Waals surface area contributed by atoms with E-state index in [-0.39, 0.29) is 18.2 Å². The van der Waals surface area contributed by atoms with Gasteiger partial charge in [0.25, 0.3) is 5.91 Å². The van der Waals surface area contributed by atoms with Crippen LogP contribution >= 0.6 is 0 Å². The quantitative estimate of drug-likeness (QED) is 0.923. The monoisotopic (exact) mass is 337 g/mol. The van der Waals surface area contributed by atoms with Crippen molar-refractivity contribution < 1.29 is 9.59 Å². The van der Waals surface area contributed by atoms with Crippen molar-refractivity contribution >= 4 is 23.3 Å². The van der Waals surface area contributed by atoms with Gasteiger partial charge in [-0.3, -0.25) is 9.59 Å². The van der Waals surface area contributed by atoms with Crippen molar-refractivity contribution in [2.75, 3.05) is 12.4 Å². The number of carbonyl (C=O) groups excluding carboxylic acids is 2. The van der Waals surface area contributed by atoms with E-state index in [0.29, 0.717) is 24.4 Å². The molecule has 1 aromatic carbocycles. The second kappa shape index (κ2) is 7.21. The molecule has 0 unspecified atom stereocenters. The molecule has 2 aromatic rings. The van der Waals surface area contributed by atoms with Crippen LogP contribution in [0.4, 0.5) is 5.82 Å². The van der Waals surface area contributed by atoms with Gasteiger partial charge in [0.2, 0.25) is 5.91 Å². The third-order valence-corrected chi connectivity index (χ3v) is 3.90. The molecule has 0 radical (unpaired) electrons. The molecule has 1 aromatic heterocycles. The summed E-state index contributed by atoms with van der Waals surface area (Å²) in [7, 11) is 1.54. The number of carbonyl (C=O) groups is 2. The fraction of sp³-hybridized carbons (Fsp3) is 0.278. The van der Waals surface area contributed by atoms with E-state index in [0.717, 1.165) is 11.3 Å². The Hall–Kier alpha value is -3.09. The summed E-state index contributed by atoms with van der Waals surface area (Å²) >= 11 is 0. The summed E-state index contributed by atoms with van der Waals surface area (Å²) in [4.78, 5) is 23.6. The molecule has 1 aliphatic heterocycles. The standard InChI is InChI=1S/C18H19N5O2/c1-12-4-3-5-13(10-12)11-14-6-8-16(21-20-14)19-18(25)15-7-9-17(24)23(2)22-15/h3-6,8,10H,7,9,11H2,1-2H3,(H,19,21,25). The highest BCUT2D eigenvalue weighted by Crippen LogP contribution is 2.12. The van der Waals surface area contributed by atoms with Gasteiger partial charge in [-0.25, -0.2) is 5.01 Å². The first-order valence-corrected chi connectivity index (χ1v) is 8.05. The Morgan fingerprint density at radius 1 is 1.20 bits per heavy atom. The second-order valence-electron chi connectivity index (χ2n) is 5.99. The van der Waals surface area contributed by atoms with Crippen molar-refractivity contribution in [2.24, 2.45) is 5.10 Å². The lowest BCUT2D eigenvalue weighted by Crippen LogP contribution is -2.34. The molecule has 0 saturated heterocycles. The number of aromatic nitrogens is 2. The van der Waals surface area contributed by atoms with Crippen LogP contribution in [-0.4, -0.2) is 39.8 Å². The highest BCUT2D eigenvalue weighted by molar-refractivity contribution is 6.43. The maximum absolute atomic E-state index is 12.2. The van der Waals surface area contributed by atoms with Gasteiger partial charge in [0.05, 0.1) is 5.69 Å². The number of nitrogens with zero attached hydrogens (tertiary/aromatic N) is 4. The molecular formula is C18H19N5O2. The van der Waals surface area contributed by atoms with Crippen molar-refractivity contribution in [3.05, 3.63) is 53.2 Å². The zero-order valence-corrected chi connectivity index (χ0v) is 14.2. The Balaban J connectivity index is 1.63. The van der Waals surface area contributed by atoms with E-state index in [1.165, 1.54) is 17.6 Å². The molecule has 25 heavy (non-hydrogen) atoms. The average molecular weight is 337 g/mol. The number of hydrogen-bond acceptors (Lipinski definition) is 5. The highest BCUT2D eigenvalue weighted by atomic mass is 16.2. The molecule has 0 bridgehead atoms. The van der Waals surface area contributed by atoms with Crippen molar-refractivity contribution in [1.82, 2.24) is 15.2 Å². The smallest absolute Gasteiger partial charge is 0.273 e. The highest BCUT2D eigenvalue weighted by Gasteiger charge is 2.22. The van der Waals surface area contributed by atoms with Crippen LogP contribution in [0.15, 0.2) is 41.5 Å². The van der Waals surface area contributed by atoms with Gasteiger partial charge >= 0.3 is 0 Å². The van der Waals surface area contributed by atoms with Crippen LogP contribution in [-0.2, 0) is 16.0 Å². The largest absolute Gasteiger partial charge is 0.304 e. The lowest BCUT2D eigenvalue weighted by molar-refractivity contribution is -0.130. The Labute approximate surface area is 145 Å². The molecule has 0 atom stereocenters. The SMILES string of the molecule is Cc1cccc(Cc2ccc(NC(=O)C3=NN(C)C(=O)CC3)nn2)c1. The van der Waals surface area contributed by atoms with Crippen molar-refractivity contribution in [2.45, 2.75) is 26.2 Å². The Morgan fingerprint density at radius 2 is 2.04 bits per heavy atom. The zero-order chi connectivity index (χ0) is 17.8. The number of hydrogen-bond donors (Lipinski definition) is 1. The maximum atomic E-state index is 12.2.